The Bertz CT molecular complexity index is 449. The van der Waals surface area contributed by atoms with Crippen LogP contribution in [-0.4, -0.2) is 18.2 Å². The number of phenols is 1. The molecule has 84 valence electrons. The van der Waals surface area contributed by atoms with Crippen molar-refractivity contribution in [1.29, 1.82) is 5.26 Å². The van der Waals surface area contributed by atoms with Crippen LogP contribution in [0, 0.1) is 11.3 Å². The zero-order chi connectivity index (χ0) is 12.1. The Morgan fingerprint density at radius 2 is 2.31 bits per heavy atom. The molecule has 0 amide bonds. The molecule has 0 heterocycles. The zero-order valence-electron chi connectivity index (χ0n) is 8.86. The second-order valence-corrected chi connectivity index (χ2v) is 3.17. The summed E-state index contributed by atoms with van der Waals surface area (Å²) in [6, 6.07) is 4.89. The highest BCUT2D eigenvalue weighted by Gasteiger charge is 2.13. The van der Waals surface area contributed by atoms with Gasteiger partial charge < -0.3 is 15.6 Å². The number of hydrogen-bond acceptors (Lipinski definition) is 5. The number of rotatable bonds is 3. The summed E-state index contributed by atoms with van der Waals surface area (Å²) in [5.74, 6) is -0.579. The van der Waals surface area contributed by atoms with Crippen molar-refractivity contribution in [2.45, 2.75) is 13.0 Å². The number of nitrogens with two attached hydrogens (primary N) is 1. The topological polar surface area (TPSA) is 96.3 Å². The molecule has 5 heteroatoms. The van der Waals surface area contributed by atoms with Gasteiger partial charge in [0.15, 0.2) is 0 Å². The van der Waals surface area contributed by atoms with Gasteiger partial charge in [0.05, 0.1) is 19.1 Å². The van der Waals surface area contributed by atoms with E-state index in [1.54, 1.807) is 6.07 Å². The average Bonchev–Trinajstić information content (AvgIpc) is 2.29. The summed E-state index contributed by atoms with van der Waals surface area (Å²) in [6.45, 7) is 0.0632. The number of hydrogen-bond donors (Lipinski definition) is 2. The van der Waals surface area contributed by atoms with Crippen LogP contribution in [0.3, 0.4) is 0 Å². The summed E-state index contributed by atoms with van der Waals surface area (Å²) in [7, 11) is 1.29. The Labute approximate surface area is 93.1 Å². The smallest absolute Gasteiger partial charge is 0.309 e. The maximum atomic E-state index is 11.1. The molecule has 3 N–H and O–H groups in total. The molecule has 1 aromatic rings. The third kappa shape index (κ3) is 2.30. The van der Waals surface area contributed by atoms with E-state index in [-0.39, 0.29) is 24.3 Å². The molecular weight excluding hydrogens is 208 g/mol. The minimum Gasteiger partial charge on any atom is -0.506 e. The van der Waals surface area contributed by atoms with E-state index in [1.807, 2.05) is 6.07 Å². The van der Waals surface area contributed by atoms with Gasteiger partial charge in [0.1, 0.15) is 11.8 Å². The third-order valence-electron chi connectivity index (χ3n) is 2.27. The van der Waals surface area contributed by atoms with Gasteiger partial charge in [-0.05, 0) is 11.6 Å². The quantitative estimate of drug-likeness (QED) is 0.720. The minimum absolute atomic E-state index is 0.0301. The summed E-state index contributed by atoms with van der Waals surface area (Å²) in [5, 5.41) is 18.4. The van der Waals surface area contributed by atoms with Crippen LogP contribution < -0.4 is 5.73 Å². The fourth-order valence-corrected chi connectivity index (χ4v) is 1.39. The third-order valence-corrected chi connectivity index (χ3v) is 2.27. The van der Waals surface area contributed by atoms with E-state index < -0.39 is 5.97 Å². The molecular formula is C11H12N2O3. The molecule has 0 spiro atoms. The van der Waals surface area contributed by atoms with E-state index in [1.165, 1.54) is 13.2 Å². The second kappa shape index (κ2) is 5.14. The van der Waals surface area contributed by atoms with Gasteiger partial charge in [0.25, 0.3) is 0 Å². The maximum absolute atomic E-state index is 11.1. The van der Waals surface area contributed by atoms with Crippen LogP contribution in [0.2, 0.25) is 0 Å². The van der Waals surface area contributed by atoms with Crippen LogP contribution in [0.1, 0.15) is 16.7 Å². The Hall–Kier alpha value is -2.06. The van der Waals surface area contributed by atoms with Gasteiger partial charge in [-0.2, -0.15) is 5.26 Å². The highest BCUT2D eigenvalue weighted by atomic mass is 16.5. The minimum atomic E-state index is -0.418. The van der Waals surface area contributed by atoms with E-state index in [2.05, 4.69) is 4.74 Å². The molecule has 0 aromatic heterocycles. The SMILES string of the molecule is COC(=O)Cc1ccc(C#N)c(O)c1CN. The van der Waals surface area contributed by atoms with Gasteiger partial charge in [0, 0.05) is 12.1 Å². The Morgan fingerprint density at radius 1 is 1.62 bits per heavy atom. The van der Waals surface area contributed by atoms with Crippen LogP contribution in [0.15, 0.2) is 12.1 Å². The van der Waals surface area contributed by atoms with E-state index in [0.717, 1.165) is 0 Å². The predicted octanol–water partition coefficient (Wildman–Crippen LogP) is 0.438. The summed E-state index contributed by atoms with van der Waals surface area (Å²) < 4.78 is 4.52. The van der Waals surface area contributed by atoms with Gasteiger partial charge in [-0.15, -0.1) is 0 Å². The van der Waals surface area contributed by atoms with Crippen molar-refractivity contribution in [2.75, 3.05) is 7.11 Å². The first-order valence-corrected chi connectivity index (χ1v) is 4.64. The lowest BCUT2D eigenvalue weighted by Gasteiger charge is -2.09. The van der Waals surface area contributed by atoms with Crippen LogP contribution >= 0.6 is 0 Å². The van der Waals surface area contributed by atoms with Crippen LogP contribution in [0.5, 0.6) is 5.75 Å². The summed E-state index contributed by atoms with van der Waals surface area (Å²) in [4.78, 5) is 11.1. The summed E-state index contributed by atoms with van der Waals surface area (Å²) in [5.41, 5.74) is 6.60. The van der Waals surface area contributed by atoms with Gasteiger partial charge in [-0.1, -0.05) is 6.07 Å². The number of esters is 1. The number of carbonyl (C=O) groups excluding carboxylic acids is 1. The van der Waals surface area contributed by atoms with Crippen molar-refractivity contribution in [3.8, 4) is 11.8 Å². The normalized spacial score (nSPS) is 9.56. The van der Waals surface area contributed by atoms with Crippen molar-refractivity contribution in [3.05, 3.63) is 28.8 Å². The number of nitrogens with zero attached hydrogens (tertiary/aromatic N) is 1. The number of methoxy groups -OCH3 is 1. The van der Waals surface area contributed by atoms with Gasteiger partial charge in [-0.3, -0.25) is 4.79 Å². The molecule has 0 saturated heterocycles. The van der Waals surface area contributed by atoms with Gasteiger partial charge >= 0.3 is 5.97 Å². The first-order valence-electron chi connectivity index (χ1n) is 4.64. The largest absolute Gasteiger partial charge is 0.506 e. The van der Waals surface area contributed by atoms with E-state index in [9.17, 15) is 9.90 Å². The molecule has 0 aliphatic rings. The van der Waals surface area contributed by atoms with Crippen molar-refractivity contribution in [3.63, 3.8) is 0 Å². The molecule has 0 bridgehead atoms. The lowest BCUT2D eigenvalue weighted by Crippen LogP contribution is -2.09. The number of carbonyl (C=O) groups is 1. The number of benzene rings is 1. The fourth-order valence-electron chi connectivity index (χ4n) is 1.39. The Balaban J connectivity index is 3.17. The molecule has 0 radical (unpaired) electrons. The second-order valence-electron chi connectivity index (χ2n) is 3.17. The van der Waals surface area contributed by atoms with E-state index in [4.69, 9.17) is 11.0 Å². The standard InChI is InChI=1S/C11H12N2O3/c1-16-10(14)4-7-2-3-8(5-12)11(15)9(7)6-13/h2-3,15H,4,6,13H2,1H3. The molecule has 0 aliphatic heterocycles. The van der Waals surface area contributed by atoms with E-state index in [0.29, 0.717) is 11.1 Å². The van der Waals surface area contributed by atoms with E-state index >= 15 is 0 Å². The summed E-state index contributed by atoms with van der Waals surface area (Å²) in [6.07, 6.45) is 0.0301. The van der Waals surface area contributed by atoms with Crippen molar-refractivity contribution >= 4 is 5.97 Å². The van der Waals surface area contributed by atoms with Gasteiger partial charge in [0.2, 0.25) is 0 Å². The number of phenolic OH excluding ortho intramolecular Hbond substituents is 1. The van der Waals surface area contributed by atoms with Crippen molar-refractivity contribution < 1.29 is 14.6 Å². The maximum Gasteiger partial charge on any atom is 0.309 e. The molecule has 1 aromatic carbocycles. The lowest BCUT2D eigenvalue weighted by atomic mass is 10.0. The predicted molar refractivity (Wildman–Crippen MR) is 56.4 cm³/mol. The molecule has 5 nitrogen and oxygen atoms in total. The zero-order valence-corrected chi connectivity index (χ0v) is 8.86. The Kier molecular flexibility index (Phi) is 3.86. The highest BCUT2D eigenvalue weighted by molar-refractivity contribution is 5.73. The van der Waals surface area contributed by atoms with Crippen molar-refractivity contribution in [2.24, 2.45) is 5.73 Å². The first kappa shape index (κ1) is 12.0. The molecule has 0 unspecified atom stereocenters. The lowest BCUT2D eigenvalue weighted by molar-refractivity contribution is -0.139. The number of nitriles is 1. The Morgan fingerprint density at radius 3 is 2.81 bits per heavy atom. The monoisotopic (exact) mass is 220 g/mol. The molecule has 0 atom stereocenters. The van der Waals surface area contributed by atoms with Crippen molar-refractivity contribution in [1.82, 2.24) is 0 Å². The molecule has 0 aliphatic carbocycles. The fraction of sp³-hybridized carbons (Fsp3) is 0.273. The first-order chi connectivity index (χ1) is 7.63. The van der Waals surface area contributed by atoms with Crippen LogP contribution in [-0.2, 0) is 22.5 Å². The van der Waals surface area contributed by atoms with Crippen LogP contribution in [0.4, 0.5) is 0 Å². The molecule has 1 rings (SSSR count). The molecule has 16 heavy (non-hydrogen) atoms. The average molecular weight is 220 g/mol. The van der Waals surface area contributed by atoms with Gasteiger partial charge in [-0.25, -0.2) is 0 Å². The van der Waals surface area contributed by atoms with Crippen LogP contribution in [0.25, 0.3) is 0 Å². The molecule has 0 fully saturated rings. The number of aromatic hydroxyl groups is 1. The number of ether oxygens (including phenoxy) is 1. The summed E-state index contributed by atoms with van der Waals surface area (Å²) >= 11 is 0. The molecule has 0 saturated carbocycles. The highest BCUT2D eigenvalue weighted by Crippen LogP contribution is 2.25.